The van der Waals surface area contributed by atoms with E-state index in [9.17, 15) is 9.90 Å². The Morgan fingerprint density at radius 1 is 1.31 bits per heavy atom. The van der Waals surface area contributed by atoms with Gasteiger partial charge in [-0.05, 0) is 51.5 Å². The molecule has 1 saturated heterocycles. The number of para-hydroxylation sites is 2. The highest BCUT2D eigenvalue weighted by Crippen LogP contribution is 2.25. The van der Waals surface area contributed by atoms with Crippen molar-refractivity contribution in [3.8, 4) is 0 Å². The fourth-order valence-corrected chi connectivity index (χ4v) is 4.08. The summed E-state index contributed by atoms with van der Waals surface area (Å²) in [5.74, 6) is 1.53. The van der Waals surface area contributed by atoms with E-state index in [4.69, 9.17) is 4.74 Å². The molecule has 32 heavy (non-hydrogen) atoms. The number of fused-ring (bicyclic) bond motifs is 1. The number of hydrogen-bond acceptors (Lipinski definition) is 6. The molecule has 1 aliphatic heterocycles. The van der Waals surface area contributed by atoms with Crippen LogP contribution in [-0.2, 0) is 11.2 Å². The summed E-state index contributed by atoms with van der Waals surface area (Å²) in [7, 11) is 2.12. The number of ether oxygens (including phenoxy) is 1. The predicted molar refractivity (Wildman–Crippen MR) is 121 cm³/mol. The Morgan fingerprint density at radius 3 is 2.84 bits per heavy atom. The molecule has 1 aromatic carbocycles. The second kappa shape index (κ2) is 10.2. The third kappa shape index (κ3) is 5.35. The van der Waals surface area contributed by atoms with Gasteiger partial charge in [0.1, 0.15) is 17.3 Å². The predicted octanol–water partition coefficient (Wildman–Crippen LogP) is 2.18. The highest BCUT2D eigenvalue weighted by atomic mass is 16.6. The number of aromatic nitrogens is 4. The zero-order valence-corrected chi connectivity index (χ0v) is 18.7. The summed E-state index contributed by atoms with van der Waals surface area (Å²) in [6, 6.07) is 7.06. The lowest BCUT2D eigenvalue weighted by molar-refractivity contribution is -0.118. The van der Waals surface area contributed by atoms with Crippen LogP contribution >= 0.6 is 0 Å². The molecule has 0 saturated carbocycles. The molecule has 0 bridgehead atoms. The van der Waals surface area contributed by atoms with Crippen molar-refractivity contribution in [1.82, 2.24) is 30.2 Å². The van der Waals surface area contributed by atoms with Gasteiger partial charge in [-0.3, -0.25) is 4.79 Å². The molecule has 4 rings (SSSR count). The lowest BCUT2D eigenvalue weighted by atomic mass is 9.97. The first-order chi connectivity index (χ1) is 15.5. The smallest absolute Gasteiger partial charge is 0.269 e. The van der Waals surface area contributed by atoms with E-state index in [0.717, 1.165) is 49.2 Å². The number of carbonyl (C=O) groups is 1. The van der Waals surface area contributed by atoms with Gasteiger partial charge in [0, 0.05) is 18.9 Å². The van der Waals surface area contributed by atoms with Gasteiger partial charge < -0.3 is 30.0 Å². The number of benzene rings is 1. The molecule has 2 atom stereocenters. The van der Waals surface area contributed by atoms with Crippen LogP contribution in [0.5, 0.6) is 0 Å². The number of amides is 1. The highest BCUT2D eigenvalue weighted by molar-refractivity contribution is 5.92. The van der Waals surface area contributed by atoms with Crippen LogP contribution in [0.3, 0.4) is 0 Å². The van der Waals surface area contributed by atoms with Crippen molar-refractivity contribution in [2.24, 2.45) is 0 Å². The molecule has 1 aliphatic rings. The van der Waals surface area contributed by atoms with Crippen LogP contribution in [-0.4, -0.2) is 74.9 Å². The van der Waals surface area contributed by atoms with Crippen molar-refractivity contribution >= 4 is 16.9 Å². The number of H-pyrrole nitrogens is 2. The second-order valence-electron chi connectivity index (χ2n) is 8.51. The largest absolute Gasteiger partial charge is 0.366 e. The molecule has 9 heteroatoms. The maximum atomic E-state index is 13.0. The summed E-state index contributed by atoms with van der Waals surface area (Å²) in [5.41, 5.74) is 2.14. The minimum Gasteiger partial charge on any atom is -0.366 e. The zero-order chi connectivity index (χ0) is 22.5. The van der Waals surface area contributed by atoms with Crippen LogP contribution < -0.4 is 5.32 Å². The van der Waals surface area contributed by atoms with Gasteiger partial charge in [-0.2, -0.15) is 0 Å². The number of aliphatic hydroxyl groups is 1. The first-order valence-electron chi connectivity index (χ1n) is 11.3. The minimum atomic E-state index is -1.15. The van der Waals surface area contributed by atoms with E-state index in [0.29, 0.717) is 30.5 Å². The van der Waals surface area contributed by atoms with Gasteiger partial charge in [0.05, 0.1) is 23.3 Å². The molecule has 1 amide bonds. The Hall–Kier alpha value is -2.75. The third-order valence-electron chi connectivity index (χ3n) is 5.95. The van der Waals surface area contributed by atoms with Gasteiger partial charge in [0.15, 0.2) is 6.29 Å². The Labute approximate surface area is 187 Å². The number of aliphatic hydroxyl groups excluding tert-OH is 1. The van der Waals surface area contributed by atoms with Crippen LogP contribution in [0.15, 0.2) is 30.5 Å². The SMILES string of the molecule is CCCOC(O)C(Cc1nc2ccccc2[nH]1)NC(=O)c1cnc(C2CCN(C)CC2)[nH]1. The van der Waals surface area contributed by atoms with Crippen LogP contribution in [0.1, 0.15) is 54.2 Å². The normalized spacial score (nSPS) is 17.5. The summed E-state index contributed by atoms with van der Waals surface area (Å²) >= 11 is 0. The zero-order valence-electron chi connectivity index (χ0n) is 18.7. The van der Waals surface area contributed by atoms with Gasteiger partial charge >= 0.3 is 0 Å². The van der Waals surface area contributed by atoms with Crippen molar-refractivity contribution in [2.45, 2.75) is 50.9 Å². The van der Waals surface area contributed by atoms with E-state index in [1.807, 2.05) is 31.2 Å². The van der Waals surface area contributed by atoms with Gasteiger partial charge in [0.2, 0.25) is 0 Å². The van der Waals surface area contributed by atoms with Crippen molar-refractivity contribution in [1.29, 1.82) is 0 Å². The van der Waals surface area contributed by atoms with Crippen molar-refractivity contribution in [3.05, 3.63) is 47.8 Å². The molecule has 2 unspecified atom stereocenters. The van der Waals surface area contributed by atoms with E-state index in [-0.39, 0.29) is 5.91 Å². The molecular formula is C23H32N6O3. The minimum absolute atomic E-state index is 0.307. The monoisotopic (exact) mass is 440 g/mol. The van der Waals surface area contributed by atoms with Gasteiger partial charge in [-0.1, -0.05) is 19.1 Å². The van der Waals surface area contributed by atoms with Crippen LogP contribution in [0, 0.1) is 0 Å². The van der Waals surface area contributed by atoms with Gasteiger partial charge in [-0.15, -0.1) is 0 Å². The average molecular weight is 441 g/mol. The molecule has 172 valence electrons. The number of nitrogens with zero attached hydrogens (tertiary/aromatic N) is 3. The van der Waals surface area contributed by atoms with E-state index in [1.54, 1.807) is 6.20 Å². The molecule has 2 aromatic heterocycles. The van der Waals surface area contributed by atoms with Crippen molar-refractivity contribution in [3.63, 3.8) is 0 Å². The van der Waals surface area contributed by atoms with Gasteiger partial charge in [0.25, 0.3) is 5.91 Å². The number of piperidine rings is 1. The summed E-state index contributed by atoms with van der Waals surface area (Å²) in [5, 5.41) is 13.5. The Kier molecular flexibility index (Phi) is 7.19. The molecule has 0 spiro atoms. The lowest BCUT2D eigenvalue weighted by Gasteiger charge is -2.27. The molecule has 9 nitrogen and oxygen atoms in total. The fraction of sp³-hybridized carbons (Fsp3) is 0.522. The molecule has 4 N–H and O–H groups in total. The van der Waals surface area contributed by atoms with E-state index >= 15 is 0 Å². The molecule has 0 aliphatic carbocycles. The average Bonchev–Trinajstić information content (AvgIpc) is 3.44. The number of aromatic amines is 2. The van der Waals surface area contributed by atoms with Crippen LogP contribution in [0.4, 0.5) is 0 Å². The van der Waals surface area contributed by atoms with E-state index < -0.39 is 12.3 Å². The number of likely N-dealkylation sites (tertiary alicyclic amines) is 1. The second-order valence-corrected chi connectivity index (χ2v) is 8.51. The molecule has 3 aromatic rings. The van der Waals surface area contributed by atoms with Gasteiger partial charge in [-0.25, -0.2) is 9.97 Å². The molecular weight excluding hydrogens is 408 g/mol. The maximum Gasteiger partial charge on any atom is 0.269 e. The summed E-state index contributed by atoms with van der Waals surface area (Å²) in [4.78, 5) is 30.7. The van der Waals surface area contributed by atoms with E-state index in [1.165, 1.54) is 0 Å². The number of nitrogens with one attached hydrogen (secondary N) is 3. The maximum absolute atomic E-state index is 13.0. The third-order valence-corrected chi connectivity index (χ3v) is 5.95. The molecule has 1 fully saturated rings. The summed E-state index contributed by atoms with van der Waals surface area (Å²) < 4.78 is 5.52. The number of rotatable bonds is 9. The Bertz CT molecular complexity index is 991. The summed E-state index contributed by atoms with van der Waals surface area (Å²) in [6.07, 6.45) is 3.53. The molecule has 0 radical (unpaired) electrons. The number of hydrogen-bond donors (Lipinski definition) is 4. The van der Waals surface area contributed by atoms with E-state index in [2.05, 4.69) is 37.2 Å². The Morgan fingerprint density at radius 2 is 2.09 bits per heavy atom. The number of imidazole rings is 2. The summed E-state index contributed by atoms with van der Waals surface area (Å²) in [6.45, 7) is 4.41. The van der Waals surface area contributed by atoms with Crippen molar-refractivity contribution in [2.75, 3.05) is 26.7 Å². The first-order valence-corrected chi connectivity index (χ1v) is 11.3. The number of carbonyl (C=O) groups excluding carboxylic acids is 1. The standard InChI is InChI=1S/C23H32N6O3/c1-3-12-32-23(31)18(13-20-25-16-6-4-5-7-17(16)26-20)28-22(30)19-14-24-21(27-19)15-8-10-29(2)11-9-15/h4-7,14-15,18,23,31H,3,8-13H2,1-2H3,(H,24,27)(H,25,26)(H,28,30). The van der Waals surface area contributed by atoms with Crippen LogP contribution in [0.25, 0.3) is 11.0 Å². The quantitative estimate of drug-likeness (QED) is 0.379. The fourth-order valence-electron chi connectivity index (χ4n) is 4.08. The molecule has 3 heterocycles. The first kappa shape index (κ1) is 22.4. The Balaban J connectivity index is 1.45. The topological polar surface area (TPSA) is 119 Å². The van der Waals surface area contributed by atoms with Crippen LogP contribution in [0.2, 0.25) is 0 Å². The highest BCUT2D eigenvalue weighted by Gasteiger charge is 2.26. The van der Waals surface area contributed by atoms with Crippen molar-refractivity contribution < 1.29 is 14.6 Å². The lowest BCUT2D eigenvalue weighted by Crippen LogP contribution is -2.46.